The fourth-order valence-corrected chi connectivity index (χ4v) is 2.60. The van der Waals surface area contributed by atoms with Gasteiger partial charge in [-0.15, -0.1) is 0 Å². The van der Waals surface area contributed by atoms with Gasteiger partial charge in [0.25, 0.3) is 0 Å². The number of hydrogen-bond donors (Lipinski definition) is 1. The lowest BCUT2D eigenvalue weighted by atomic mass is 10.2. The number of rotatable bonds is 3. The highest BCUT2D eigenvalue weighted by atomic mass is 35.5. The first-order valence-corrected chi connectivity index (χ1v) is 6.91. The van der Waals surface area contributed by atoms with Crippen LogP contribution in [0, 0.1) is 5.92 Å². The van der Waals surface area contributed by atoms with Crippen molar-refractivity contribution in [3.05, 3.63) is 29.3 Å². The van der Waals surface area contributed by atoms with Crippen molar-refractivity contribution < 1.29 is 9.59 Å². The van der Waals surface area contributed by atoms with E-state index in [4.69, 9.17) is 11.6 Å². The average molecular weight is 279 g/mol. The molecule has 2 fully saturated rings. The van der Waals surface area contributed by atoms with E-state index < -0.39 is 6.04 Å². The standard InChI is InChI=1S/C14H15ClN2O2/c15-10-3-1-2-4-12(10)17-8-7-11(14(17)19)16-13(18)9-5-6-9/h1-4,9,11H,5-8H2,(H,16,18). The highest BCUT2D eigenvalue weighted by molar-refractivity contribution is 6.34. The number of amides is 2. The lowest BCUT2D eigenvalue weighted by molar-refractivity contribution is -0.127. The van der Waals surface area contributed by atoms with Crippen LogP contribution in [0.2, 0.25) is 5.02 Å². The normalized spacial score (nSPS) is 22.7. The zero-order chi connectivity index (χ0) is 13.4. The summed E-state index contributed by atoms with van der Waals surface area (Å²) >= 11 is 6.10. The SMILES string of the molecule is O=C(NC1CCN(c2ccccc2Cl)C1=O)C1CC1. The Morgan fingerprint density at radius 3 is 2.68 bits per heavy atom. The van der Waals surface area contributed by atoms with Crippen LogP contribution in [-0.2, 0) is 9.59 Å². The lowest BCUT2D eigenvalue weighted by Crippen LogP contribution is -2.42. The molecule has 1 N–H and O–H groups in total. The average Bonchev–Trinajstić information content (AvgIpc) is 3.18. The van der Waals surface area contributed by atoms with Gasteiger partial charge in [0.1, 0.15) is 6.04 Å². The summed E-state index contributed by atoms with van der Waals surface area (Å²) < 4.78 is 0. The smallest absolute Gasteiger partial charge is 0.249 e. The Labute approximate surface area is 116 Å². The van der Waals surface area contributed by atoms with Crippen molar-refractivity contribution in [2.75, 3.05) is 11.4 Å². The Morgan fingerprint density at radius 1 is 1.26 bits per heavy atom. The van der Waals surface area contributed by atoms with E-state index in [9.17, 15) is 9.59 Å². The predicted octanol–water partition coefficient (Wildman–Crippen LogP) is 1.97. The molecule has 0 bridgehead atoms. The molecule has 4 nitrogen and oxygen atoms in total. The topological polar surface area (TPSA) is 49.4 Å². The molecule has 1 aliphatic heterocycles. The summed E-state index contributed by atoms with van der Waals surface area (Å²) in [4.78, 5) is 25.7. The molecule has 1 atom stereocenters. The van der Waals surface area contributed by atoms with Crippen molar-refractivity contribution in [2.24, 2.45) is 5.92 Å². The molecule has 2 aliphatic rings. The molecular formula is C14H15ClN2O2. The third-order valence-electron chi connectivity index (χ3n) is 3.61. The van der Waals surface area contributed by atoms with Crippen LogP contribution < -0.4 is 10.2 Å². The van der Waals surface area contributed by atoms with Crippen LogP contribution in [0.4, 0.5) is 5.69 Å². The largest absolute Gasteiger partial charge is 0.344 e. The Kier molecular flexibility index (Phi) is 3.19. The summed E-state index contributed by atoms with van der Waals surface area (Å²) in [6.07, 6.45) is 2.53. The van der Waals surface area contributed by atoms with Crippen LogP contribution in [0.1, 0.15) is 19.3 Å². The molecule has 1 aromatic rings. The molecule has 0 aromatic heterocycles. The van der Waals surface area contributed by atoms with E-state index in [1.807, 2.05) is 18.2 Å². The molecule has 19 heavy (non-hydrogen) atoms. The Hall–Kier alpha value is -1.55. The summed E-state index contributed by atoms with van der Waals surface area (Å²) in [5, 5.41) is 3.40. The minimum atomic E-state index is -0.399. The Balaban J connectivity index is 1.71. The molecule has 1 saturated heterocycles. The second-order valence-corrected chi connectivity index (χ2v) is 5.47. The van der Waals surface area contributed by atoms with Crippen molar-refractivity contribution in [3.63, 3.8) is 0 Å². The number of nitrogens with zero attached hydrogens (tertiary/aromatic N) is 1. The molecule has 1 aromatic carbocycles. The van der Waals surface area contributed by atoms with Crippen molar-refractivity contribution in [1.82, 2.24) is 5.32 Å². The number of halogens is 1. The van der Waals surface area contributed by atoms with Crippen molar-refractivity contribution >= 4 is 29.1 Å². The van der Waals surface area contributed by atoms with Gasteiger partial charge in [0.05, 0.1) is 10.7 Å². The van der Waals surface area contributed by atoms with Gasteiger partial charge in [-0.25, -0.2) is 0 Å². The number of carbonyl (C=O) groups is 2. The Morgan fingerprint density at radius 2 is 2.00 bits per heavy atom. The van der Waals surface area contributed by atoms with Gasteiger partial charge in [-0.05, 0) is 31.4 Å². The number of benzene rings is 1. The summed E-state index contributed by atoms with van der Waals surface area (Å²) in [6, 6.07) is 6.87. The third-order valence-corrected chi connectivity index (χ3v) is 3.93. The maximum absolute atomic E-state index is 12.3. The van der Waals surface area contributed by atoms with Crippen LogP contribution >= 0.6 is 11.6 Å². The van der Waals surface area contributed by atoms with E-state index in [2.05, 4.69) is 5.32 Å². The fourth-order valence-electron chi connectivity index (χ4n) is 2.36. The van der Waals surface area contributed by atoms with E-state index in [1.54, 1.807) is 11.0 Å². The molecule has 1 unspecified atom stereocenters. The highest BCUT2D eigenvalue weighted by Gasteiger charge is 2.37. The third kappa shape index (κ3) is 2.45. The van der Waals surface area contributed by atoms with E-state index in [-0.39, 0.29) is 17.7 Å². The summed E-state index contributed by atoms with van der Waals surface area (Å²) in [7, 11) is 0. The lowest BCUT2D eigenvalue weighted by Gasteiger charge is -2.18. The van der Waals surface area contributed by atoms with Crippen LogP contribution in [0.3, 0.4) is 0 Å². The minimum Gasteiger partial charge on any atom is -0.344 e. The maximum atomic E-state index is 12.3. The minimum absolute atomic E-state index is 0.0133. The number of nitrogens with one attached hydrogen (secondary N) is 1. The van der Waals surface area contributed by atoms with Crippen molar-refractivity contribution in [3.8, 4) is 0 Å². The van der Waals surface area contributed by atoms with Gasteiger partial charge in [0.15, 0.2) is 0 Å². The van der Waals surface area contributed by atoms with Gasteiger partial charge in [0, 0.05) is 12.5 Å². The first-order valence-electron chi connectivity index (χ1n) is 6.53. The van der Waals surface area contributed by atoms with Crippen LogP contribution in [0.15, 0.2) is 24.3 Å². The molecule has 1 saturated carbocycles. The predicted molar refractivity (Wildman–Crippen MR) is 73.1 cm³/mol. The molecule has 1 aliphatic carbocycles. The molecule has 100 valence electrons. The molecule has 0 radical (unpaired) electrons. The summed E-state index contributed by atoms with van der Waals surface area (Å²) in [6.45, 7) is 0.595. The van der Waals surface area contributed by atoms with Gasteiger partial charge in [0.2, 0.25) is 11.8 Å². The van der Waals surface area contributed by atoms with Crippen molar-refractivity contribution in [2.45, 2.75) is 25.3 Å². The molecule has 0 spiro atoms. The zero-order valence-corrected chi connectivity index (χ0v) is 11.2. The first-order chi connectivity index (χ1) is 9.16. The Bertz CT molecular complexity index is 528. The second-order valence-electron chi connectivity index (χ2n) is 5.07. The van der Waals surface area contributed by atoms with E-state index in [1.165, 1.54) is 0 Å². The second kappa shape index (κ2) is 4.85. The van der Waals surface area contributed by atoms with E-state index in [0.717, 1.165) is 18.5 Å². The molecule has 1 heterocycles. The maximum Gasteiger partial charge on any atom is 0.249 e. The highest BCUT2D eigenvalue weighted by Crippen LogP contribution is 2.31. The van der Waals surface area contributed by atoms with Crippen LogP contribution in [0.5, 0.6) is 0 Å². The molecule has 3 rings (SSSR count). The first kappa shape index (κ1) is 12.5. The monoisotopic (exact) mass is 278 g/mol. The summed E-state index contributed by atoms with van der Waals surface area (Å²) in [5.41, 5.74) is 0.720. The summed E-state index contributed by atoms with van der Waals surface area (Å²) in [5.74, 6) is 0.0728. The number of anilines is 1. The number of carbonyl (C=O) groups excluding carboxylic acids is 2. The van der Waals surface area contributed by atoms with Crippen molar-refractivity contribution in [1.29, 1.82) is 0 Å². The van der Waals surface area contributed by atoms with Gasteiger partial charge >= 0.3 is 0 Å². The molecule has 5 heteroatoms. The number of hydrogen-bond acceptors (Lipinski definition) is 2. The molecule has 2 amide bonds. The molecular weight excluding hydrogens is 264 g/mol. The van der Waals surface area contributed by atoms with Gasteiger partial charge in [-0.3, -0.25) is 9.59 Å². The van der Waals surface area contributed by atoms with Crippen LogP contribution in [-0.4, -0.2) is 24.4 Å². The van der Waals surface area contributed by atoms with Gasteiger partial charge in [-0.2, -0.15) is 0 Å². The fraction of sp³-hybridized carbons (Fsp3) is 0.429. The van der Waals surface area contributed by atoms with Gasteiger partial charge < -0.3 is 10.2 Å². The van der Waals surface area contributed by atoms with Crippen LogP contribution in [0.25, 0.3) is 0 Å². The van der Waals surface area contributed by atoms with E-state index >= 15 is 0 Å². The van der Waals surface area contributed by atoms with Gasteiger partial charge in [-0.1, -0.05) is 23.7 Å². The number of para-hydroxylation sites is 1. The quantitative estimate of drug-likeness (QED) is 0.919. The zero-order valence-electron chi connectivity index (χ0n) is 10.4. The van der Waals surface area contributed by atoms with E-state index in [0.29, 0.717) is 18.0 Å².